The molecule has 0 amide bonds. The predicted octanol–water partition coefficient (Wildman–Crippen LogP) is 2.41. The van der Waals surface area contributed by atoms with Crippen molar-refractivity contribution >= 4 is 21.4 Å². The number of nitrogens with one attached hydrogen (secondary N) is 2. The van der Waals surface area contributed by atoms with Crippen molar-refractivity contribution in [1.29, 1.82) is 0 Å². The van der Waals surface area contributed by atoms with Gasteiger partial charge in [0, 0.05) is 23.8 Å². The number of aromatic nitrogens is 2. The molecule has 0 saturated heterocycles. The molecule has 1 aromatic carbocycles. The second-order valence-corrected chi connectivity index (χ2v) is 6.59. The molecule has 112 valence electrons. The van der Waals surface area contributed by atoms with E-state index in [1.54, 1.807) is 37.6 Å². The van der Waals surface area contributed by atoms with Crippen molar-refractivity contribution in [2.75, 3.05) is 15.8 Å². The average molecular weight is 306 g/mol. The fourth-order valence-electron chi connectivity index (χ4n) is 1.74. The molecule has 0 aliphatic heterocycles. The topological polar surface area (TPSA) is 84.0 Å². The average Bonchev–Trinajstić information content (AvgIpc) is 2.50. The summed E-state index contributed by atoms with van der Waals surface area (Å²) in [5.74, 6) is 0.0523. The van der Waals surface area contributed by atoms with Crippen LogP contribution in [-0.4, -0.2) is 24.1 Å². The quantitative estimate of drug-likeness (QED) is 0.856. The first-order valence-electron chi connectivity index (χ1n) is 6.63. The third-order valence-corrected chi connectivity index (χ3v) is 4.26. The Morgan fingerprint density at radius 2 is 1.81 bits per heavy atom. The SMILES string of the molecule is CCS(=O)(=O)Nc1ccc(NC(C)c2cnccn2)cc1. The van der Waals surface area contributed by atoms with Crippen molar-refractivity contribution in [3.8, 4) is 0 Å². The Morgan fingerprint density at radius 3 is 2.38 bits per heavy atom. The third-order valence-electron chi connectivity index (χ3n) is 2.95. The molecule has 7 heteroatoms. The third kappa shape index (κ3) is 4.42. The van der Waals surface area contributed by atoms with E-state index in [0.717, 1.165) is 11.4 Å². The van der Waals surface area contributed by atoms with Crippen LogP contribution >= 0.6 is 0 Å². The van der Waals surface area contributed by atoms with Gasteiger partial charge in [-0.2, -0.15) is 0 Å². The second-order valence-electron chi connectivity index (χ2n) is 4.58. The fourth-order valence-corrected chi connectivity index (χ4v) is 2.38. The van der Waals surface area contributed by atoms with Gasteiger partial charge in [-0.3, -0.25) is 14.7 Å². The summed E-state index contributed by atoms with van der Waals surface area (Å²) in [5, 5.41) is 3.28. The smallest absolute Gasteiger partial charge is 0.232 e. The van der Waals surface area contributed by atoms with Crippen molar-refractivity contribution in [2.24, 2.45) is 0 Å². The molecule has 2 N–H and O–H groups in total. The van der Waals surface area contributed by atoms with Gasteiger partial charge in [-0.1, -0.05) is 0 Å². The van der Waals surface area contributed by atoms with Crippen molar-refractivity contribution in [1.82, 2.24) is 9.97 Å². The van der Waals surface area contributed by atoms with Gasteiger partial charge in [0.25, 0.3) is 0 Å². The molecule has 6 nitrogen and oxygen atoms in total. The molecule has 0 fully saturated rings. The molecule has 0 bridgehead atoms. The van der Waals surface area contributed by atoms with Crippen LogP contribution in [0.25, 0.3) is 0 Å². The summed E-state index contributed by atoms with van der Waals surface area (Å²) in [6.07, 6.45) is 4.99. The minimum atomic E-state index is -3.24. The Bertz CT molecular complexity index is 672. The van der Waals surface area contributed by atoms with Gasteiger partial charge in [0.15, 0.2) is 0 Å². The van der Waals surface area contributed by atoms with Crippen LogP contribution in [0.1, 0.15) is 25.6 Å². The Morgan fingerprint density at radius 1 is 1.14 bits per heavy atom. The summed E-state index contributed by atoms with van der Waals surface area (Å²) in [7, 11) is -3.24. The van der Waals surface area contributed by atoms with Crippen LogP contribution in [0, 0.1) is 0 Å². The van der Waals surface area contributed by atoms with Gasteiger partial charge in [-0.15, -0.1) is 0 Å². The zero-order valence-corrected chi connectivity index (χ0v) is 12.8. The molecule has 0 spiro atoms. The summed E-state index contributed by atoms with van der Waals surface area (Å²) >= 11 is 0. The van der Waals surface area contributed by atoms with Crippen LogP contribution in [0.4, 0.5) is 11.4 Å². The van der Waals surface area contributed by atoms with Crippen molar-refractivity contribution < 1.29 is 8.42 Å². The van der Waals surface area contributed by atoms with E-state index in [1.165, 1.54) is 0 Å². The lowest BCUT2D eigenvalue weighted by molar-refractivity contribution is 0.602. The Hall–Kier alpha value is -2.15. The van der Waals surface area contributed by atoms with Crippen LogP contribution in [0.2, 0.25) is 0 Å². The number of anilines is 2. The summed E-state index contributed by atoms with van der Waals surface area (Å²) in [5.41, 5.74) is 2.27. The van der Waals surface area contributed by atoms with E-state index in [4.69, 9.17) is 0 Å². The summed E-state index contributed by atoms with van der Waals surface area (Å²) in [6.45, 7) is 3.58. The van der Waals surface area contributed by atoms with Crippen LogP contribution in [0.3, 0.4) is 0 Å². The van der Waals surface area contributed by atoms with E-state index in [0.29, 0.717) is 5.69 Å². The van der Waals surface area contributed by atoms with Gasteiger partial charge in [0.2, 0.25) is 10.0 Å². The first kappa shape index (κ1) is 15.2. The molecule has 1 aromatic heterocycles. The van der Waals surface area contributed by atoms with Gasteiger partial charge >= 0.3 is 0 Å². The highest BCUT2D eigenvalue weighted by Crippen LogP contribution is 2.19. The monoisotopic (exact) mass is 306 g/mol. The van der Waals surface area contributed by atoms with Crippen LogP contribution in [0.15, 0.2) is 42.9 Å². The largest absolute Gasteiger partial charge is 0.377 e. The molecule has 0 saturated carbocycles. The Balaban J connectivity index is 2.03. The molecule has 1 heterocycles. The molecule has 0 aliphatic rings. The van der Waals surface area contributed by atoms with Crippen LogP contribution in [-0.2, 0) is 10.0 Å². The zero-order valence-electron chi connectivity index (χ0n) is 11.9. The molecule has 0 radical (unpaired) electrons. The molecule has 1 unspecified atom stereocenters. The van der Waals surface area contributed by atoms with Gasteiger partial charge < -0.3 is 5.32 Å². The molecule has 1 atom stereocenters. The van der Waals surface area contributed by atoms with E-state index >= 15 is 0 Å². The highest BCUT2D eigenvalue weighted by Gasteiger charge is 2.08. The van der Waals surface area contributed by atoms with Crippen molar-refractivity contribution in [3.05, 3.63) is 48.5 Å². The lowest BCUT2D eigenvalue weighted by atomic mass is 10.2. The fraction of sp³-hybridized carbons (Fsp3) is 0.286. The molecule has 2 rings (SSSR count). The predicted molar refractivity (Wildman–Crippen MR) is 83.6 cm³/mol. The molecule has 21 heavy (non-hydrogen) atoms. The number of hydrogen-bond acceptors (Lipinski definition) is 5. The van der Waals surface area contributed by atoms with E-state index in [2.05, 4.69) is 20.0 Å². The van der Waals surface area contributed by atoms with E-state index in [9.17, 15) is 8.42 Å². The molecular formula is C14H18N4O2S. The van der Waals surface area contributed by atoms with E-state index < -0.39 is 10.0 Å². The summed E-state index contributed by atoms with van der Waals surface area (Å²) < 4.78 is 25.5. The molecule has 0 aliphatic carbocycles. The lowest BCUT2D eigenvalue weighted by Crippen LogP contribution is -2.14. The highest BCUT2D eigenvalue weighted by molar-refractivity contribution is 7.92. The first-order chi connectivity index (χ1) is 10.00. The maximum absolute atomic E-state index is 11.5. The standard InChI is InChI=1S/C14H18N4O2S/c1-3-21(19,20)18-13-6-4-12(5-7-13)17-11(2)14-10-15-8-9-16-14/h4-11,17-18H,3H2,1-2H3. The van der Waals surface area contributed by atoms with Crippen LogP contribution in [0.5, 0.6) is 0 Å². The lowest BCUT2D eigenvalue weighted by Gasteiger charge is -2.14. The number of rotatable bonds is 6. The molecule has 2 aromatic rings. The number of sulfonamides is 1. The maximum atomic E-state index is 11.5. The van der Waals surface area contributed by atoms with Crippen LogP contribution < -0.4 is 10.0 Å². The van der Waals surface area contributed by atoms with Gasteiger partial charge in [-0.05, 0) is 38.1 Å². The van der Waals surface area contributed by atoms with E-state index in [-0.39, 0.29) is 11.8 Å². The number of hydrogen-bond donors (Lipinski definition) is 2. The van der Waals surface area contributed by atoms with Crippen molar-refractivity contribution in [3.63, 3.8) is 0 Å². The number of benzene rings is 1. The minimum Gasteiger partial charge on any atom is -0.377 e. The first-order valence-corrected chi connectivity index (χ1v) is 8.28. The maximum Gasteiger partial charge on any atom is 0.232 e. The number of nitrogens with zero attached hydrogens (tertiary/aromatic N) is 2. The minimum absolute atomic E-state index is 0.0110. The highest BCUT2D eigenvalue weighted by atomic mass is 32.2. The summed E-state index contributed by atoms with van der Waals surface area (Å²) in [6, 6.07) is 7.09. The van der Waals surface area contributed by atoms with Gasteiger partial charge in [0.1, 0.15) is 0 Å². The van der Waals surface area contributed by atoms with Gasteiger partial charge in [-0.25, -0.2) is 8.42 Å². The normalized spacial score (nSPS) is 12.7. The van der Waals surface area contributed by atoms with Crippen molar-refractivity contribution in [2.45, 2.75) is 19.9 Å². The zero-order chi connectivity index (χ0) is 15.3. The van der Waals surface area contributed by atoms with E-state index in [1.807, 2.05) is 19.1 Å². The van der Waals surface area contributed by atoms with Gasteiger partial charge in [0.05, 0.1) is 23.7 Å². The second kappa shape index (κ2) is 6.53. The Kier molecular flexibility index (Phi) is 4.74. The Labute approximate surface area is 124 Å². The summed E-state index contributed by atoms with van der Waals surface area (Å²) in [4.78, 5) is 8.27. The molecular weight excluding hydrogens is 288 g/mol.